The molecule has 0 N–H and O–H groups in total. The average molecular weight is 335 g/mol. The number of hydrogen-bond acceptors (Lipinski definition) is 0. The first kappa shape index (κ1) is 15.2. The Morgan fingerprint density at radius 3 is 2.27 bits per heavy atom. The fourth-order valence-corrected chi connectivity index (χ4v) is 4.01. The standard InChI is InChI=1S/C25H21N/c1-18-11-13-19(14-12-18)20-15-16-23-22-9-5-6-10-24(22)26(25(23)17-20)21-7-3-2-4-8-21/h2-11,13,15-17H,12,14H2,1H3. The number of rotatable bonds is 2. The molecule has 0 radical (unpaired) electrons. The SMILES string of the molecule is CC1=CC=C(c2ccc3c4ccccc4n(-c4ccccc4)c3c2)CC1. The Balaban J connectivity index is 1.81. The van der Waals surface area contributed by atoms with Gasteiger partial charge in [0.05, 0.1) is 11.0 Å². The predicted octanol–water partition coefficient (Wildman–Crippen LogP) is 6.91. The van der Waals surface area contributed by atoms with Crippen molar-refractivity contribution in [1.29, 1.82) is 0 Å². The maximum absolute atomic E-state index is 2.39. The molecule has 0 saturated carbocycles. The minimum absolute atomic E-state index is 1.12. The van der Waals surface area contributed by atoms with Crippen LogP contribution < -0.4 is 0 Å². The summed E-state index contributed by atoms with van der Waals surface area (Å²) >= 11 is 0. The van der Waals surface area contributed by atoms with Crippen molar-refractivity contribution >= 4 is 27.4 Å². The number of allylic oxidation sites excluding steroid dienone is 4. The lowest BCUT2D eigenvalue weighted by Crippen LogP contribution is -1.95. The zero-order chi connectivity index (χ0) is 17.5. The van der Waals surface area contributed by atoms with Gasteiger partial charge < -0.3 is 4.57 Å². The van der Waals surface area contributed by atoms with Gasteiger partial charge in [0.15, 0.2) is 0 Å². The molecule has 0 amide bonds. The number of nitrogens with zero attached hydrogens (tertiary/aromatic N) is 1. The maximum Gasteiger partial charge on any atom is 0.0547 e. The zero-order valence-electron chi connectivity index (χ0n) is 14.9. The van der Waals surface area contributed by atoms with Crippen LogP contribution in [0, 0.1) is 0 Å². The van der Waals surface area contributed by atoms with Crippen LogP contribution in [-0.2, 0) is 0 Å². The van der Waals surface area contributed by atoms with Crippen LogP contribution in [0.2, 0.25) is 0 Å². The Kier molecular flexibility index (Phi) is 3.53. The van der Waals surface area contributed by atoms with Crippen LogP contribution in [0.4, 0.5) is 0 Å². The molecule has 0 fully saturated rings. The fraction of sp³-hybridized carbons (Fsp3) is 0.120. The summed E-state index contributed by atoms with van der Waals surface area (Å²) < 4.78 is 2.39. The summed E-state index contributed by atoms with van der Waals surface area (Å²) in [4.78, 5) is 0. The van der Waals surface area contributed by atoms with Crippen molar-refractivity contribution in [3.63, 3.8) is 0 Å². The molecule has 1 aromatic heterocycles. The molecule has 0 bridgehead atoms. The molecule has 4 aromatic rings. The van der Waals surface area contributed by atoms with Crippen LogP contribution in [0.25, 0.3) is 33.1 Å². The molecule has 0 spiro atoms. The Morgan fingerprint density at radius 1 is 0.692 bits per heavy atom. The van der Waals surface area contributed by atoms with Crippen molar-refractivity contribution in [2.75, 3.05) is 0 Å². The molecule has 0 aliphatic heterocycles. The Hall–Kier alpha value is -3.06. The van der Waals surface area contributed by atoms with Crippen LogP contribution in [0.1, 0.15) is 25.3 Å². The van der Waals surface area contributed by atoms with Gasteiger partial charge in [0.1, 0.15) is 0 Å². The maximum atomic E-state index is 2.39. The minimum Gasteiger partial charge on any atom is -0.309 e. The van der Waals surface area contributed by atoms with Gasteiger partial charge in [-0.15, -0.1) is 0 Å². The molecule has 1 nitrogen and oxygen atoms in total. The Bertz CT molecular complexity index is 1170. The highest BCUT2D eigenvalue weighted by Gasteiger charge is 2.14. The van der Waals surface area contributed by atoms with E-state index in [1.54, 1.807) is 0 Å². The quantitative estimate of drug-likeness (QED) is 0.375. The first-order valence-corrected chi connectivity index (χ1v) is 9.26. The molecular weight excluding hydrogens is 314 g/mol. The lowest BCUT2D eigenvalue weighted by atomic mass is 9.93. The lowest BCUT2D eigenvalue weighted by molar-refractivity contribution is 0.977. The topological polar surface area (TPSA) is 4.93 Å². The molecule has 126 valence electrons. The highest BCUT2D eigenvalue weighted by Crippen LogP contribution is 2.35. The second-order valence-electron chi connectivity index (χ2n) is 7.12. The zero-order valence-corrected chi connectivity index (χ0v) is 14.9. The van der Waals surface area contributed by atoms with E-state index in [4.69, 9.17) is 0 Å². The lowest BCUT2D eigenvalue weighted by Gasteiger charge is -2.13. The van der Waals surface area contributed by atoms with E-state index in [2.05, 4.69) is 96.4 Å². The number of benzene rings is 3. The Morgan fingerprint density at radius 2 is 1.46 bits per heavy atom. The average Bonchev–Trinajstić information content (AvgIpc) is 3.03. The molecular formula is C25H21N. The number of fused-ring (bicyclic) bond motifs is 3. The summed E-state index contributed by atoms with van der Waals surface area (Å²) in [6.45, 7) is 2.21. The molecule has 1 aliphatic rings. The van der Waals surface area contributed by atoms with E-state index in [1.807, 2.05) is 0 Å². The molecule has 0 atom stereocenters. The molecule has 3 aromatic carbocycles. The second kappa shape index (κ2) is 6.03. The van der Waals surface area contributed by atoms with Crippen LogP contribution in [0.5, 0.6) is 0 Å². The van der Waals surface area contributed by atoms with Crippen molar-refractivity contribution in [2.45, 2.75) is 19.8 Å². The van der Waals surface area contributed by atoms with Gasteiger partial charge in [-0.25, -0.2) is 0 Å². The largest absolute Gasteiger partial charge is 0.309 e. The molecule has 1 aliphatic carbocycles. The van der Waals surface area contributed by atoms with Crippen LogP contribution >= 0.6 is 0 Å². The van der Waals surface area contributed by atoms with Gasteiger partial charge >= 0.3 is 0 Å². The summed E-state index contributed by atoms with van der Waals surface area (Å²) in [5, 5.41) is 2.63. The van der Waals surface area contributed by atoms with Gasteiger partial charge in [-0.2, -0.15) is 0 Å². The van der Waals surface area contributed by atoms with Crippen molar-refractivity contribution in [2.24, 2.45) is 0 Å². The van der Waals surface area contributed by atoms with Crippen LogP contribution in [-0.4, -0.2) is 4.57 Å². The third-order valence-electron chi connectivity index (χ3n) is 5.42. The van der Waals surface area contributed by atoms with Gasteiger partial charge in [-0.05, 0) is 55.2 Å². The van der Waals surface area contributed by atoms with E-state index in [1.165, 1.54) is 44.2 Å². The van der Waals surface area contributed by atoms with Crippen molar-refractivity contribution in [3.8, 4) is 5.69 Å². The van der Waals surface area contributed by atoms with Crippen molar-refractivity contribution in [3.05, 3.63) is 96.1 Å². The fourth-order valence-electron chi connectivity index (χ4n) is 4.01. The second-order valence-corrected chi connectivity index (χ2v) is 7.12. The first-order valence-electron chi connectivity index (χ1n) is 9.26. The minimum atomic E-state index is 1.12. The highest BCUT2D eigenvalue weighted by atomic mass is 15.0. The molecule has 0 saturated heterocycles. The predicted molar refractivity (Wildman–Crippen MR) is 112 cm³/mol. The Labute approximate surface area is 153 Å². The van der Waals surface area contributed by atoms with Gasteiger partial charge in [0.25, 0.3) is 0 Å². The van der Waals surface area contributed by atoms with Gasteiger partial charge in [-0.3, -0.25) is 0 Å². The van der Waals surface area contributed by atoms with E-state index in [9.17, 15) is 0 Å². The summed E-state index contributed by atoms with van der Waals surface area (Å²) in [7, 11) is 0. The van der Waals surface area contributed by atoms with E-state index in [0.717, 1.165) is 12.8 Å². The third-order valence-corrected chi connectivity index (χ3v) is 5.42. The van der Waals surface area contributed by atoms with Gasteiger partial charge in [-0.1, -0.05) is 66.3 Å². The smallest absolute Gasteiger partial charge is 0.0547 e. The molecule has 26 heavy (non-hydrogen) atoms. The normalized spacial score (nSPS) is 14.5. The summed E-state index contributed by atoms with van der Waals surface area (Å²) in [6, 6.07) is 26.3. The number of hydrogen-bond donors (Lipinski definition) is 0. The summed E-state index contributed by atoms with van der Waals surface area (Å²) in [6.07, 6.45) is 6.83. The molecule has 1 heteroatoms. The first-order chi connectivity index (χ1) is 12.8. The molecule has 1 heterocycles. The van der Waals surface area contributed by atoms with Gasteiger partial charge in [0, 0.05) is 16.5 Å². The highest BCUT2D eigenvalue weighted by molar-refractivity contribution is 6.09. The summed E-state index contributed by atoms with van der Waals surface area (Å²) in [5.41, 5.74) is 7.99. The number of para-hydroxylation sites is 2. The third kappa shape index (κ3) is 2.40. The summed E-state index contributed by atoms with van der Waals surface area (Å²) in [5.74, 6) is 0. The van der Waals surface area contributed by atoms with Crippen molar-refractivity contribution < 1.29 is 0 Å². The van der Waals surface area contributed by atoms with Crippen molar-refractivity contribution in [1.82, 2.24) is 4.57 Å². The van der Waals surface area contributed by atoms with E-state index in [0.29, 0.717) is 0 Å². The van der Waals surface area contributed by atoms with E-state index in [-0.39, 0.29) is 0 Å². The number of aromatic nitrogens is 1. The molecule has 5 rings (SSSR count). The van der Waals surface area contributed by atoms with Gasteiger partial charge in [0.2, 0.25) is 0 Å². The van der Waals surface area contributed by atoms with E-state index < -0.39 is 0 Å². The van der Waals surface area contributed by atoms with Crippen LogP contribution in [0.15, 0.2) is 90.5 Å². The van der Waals surface area contributed by atoms with E-state index >= 15 is 0 Å². The molecule has 0 unspecified atom stereocenters. The van der Waals surface area contributed by atoms with Crippen LogP contribution in [0.3, 0.4) is 0 Å². The monoisotopic (exact) mass is 335 g/mol.